The van der Waals surface area contributed by atoms with Gasteiger partial charge in [0.25, 0.3) is 0 Å². The average Bonchev–Trinajstić information content (AvgIpc) is 2.71. The fraction of sp³-hybridized carbons (Fsp3) is 0.400. The van der Waals surface area contributed by atoms with Gasteiger partial charge in [-0.15, -0.1) is 6.58 Å². The topological polar surface area (TPSA) is 35.5 Å². The minimum Gasteiger partial charge on any atom is -0.468 e. The van der Waals surface area contributed by atoms with Crippen molar-refractivity contribution in [2.24, 2.45) is 0 Å². The van der Waals surface area contributed by atoms with Crippen LogP contribution in [0.2, 0.25) is 0 Å². The molecule has 0 bridgehead atoms. The van der Waals surface area contributed by atoms with Crippen molar-refractivity contribution < 1.29 is 14.3 Å². The molecule has 96 valence electrons. The molecule has 1 saturated heterocycles. The van der Waals surface area contributed by atoms with E-state index >= 15 is 0 Å². The van der Waals surface area contributed by atoms with Crippen molar-refractivity contribution in [2.45, 2.75) is 32.3 Å². The lowest BCUT2D eigenvalue weighted by molar-refractivity contribution is -0.111. The third kappa shape index (κ3) is 2.31. The van der Waals surface area contributed by atoms with E-state index in [9.17, 15) is 4.79 Å². The molecule has 1 aliphatic heterocycles. The molecule has 3 heteroatoms. The number of allylic oxidation sites excluding steroid dienone is 4. The Kier molecular flexibility index (Phi) is 3.53. The summed E-state index contributed by atoms with van der Waals surface area (Å²) < 4.78 is 11.1. The third-order valence-corrected chi connectivity index (χ3v) is 3.11. The maximum Gasteiger partial charge on any atom is 0.190 e. The molecule has 1 heterocycles. The maximum absolute atomic E-state index is 11.9. The van der Waals surface area contributed by atoms with Crippen LogP contribution < -0.4 is 0 Å². The van der Waals surface area contributed by atoms with E-state index in [0.29, 0.717) is 18.6 Å². The van der Waals surface area contributed by atoms with Gasteiger partial charge in [0.05, 0.1) is 0 Å². The van der Waals surface area contributed by atoms with E-state index in [0.717, 1.165) is 5.57 Å². The van der Waals surface area contributed by atoms with Gasteiger partial charge in [0.15, 0.2) is 18.2 Å². The van der Waals surface area contributed by atoms with Crippen LogP contribution in [-0.2, 0) is 14.3 Å². The van der Waals surface area contributed by atoms with Crippen LogP contribution in [0.3, 0.4) is 0 Å². The van der Waals surface area contributed by atoms with E-state index in [4.69, 9.17) is 9.47 Å². The third-order valence-electron chi connectivity index (χ3n) is 3.11. The molecule has 0 N–H and O–H groups in total. The summed E-state index contributed by atoms with van der Waals surface area (Å²) in [5.74, 6) is 0.612. The predicted octanol–water partition coefficient (Wildman–Crippen LogP) is 3.05. The van der Waals surface area contributed by atoms with Crippen molar-refractivity contribution in [1.29, 1.82) is 0 Å². The monoisotopic (exact) mass is 246 g/mol. The lowest BCUT2D eigenvalue weighted by atomic mass is 9.86. The minimum atomic E-state index is -0.594. The molecule has 0 saturated carbocycles. The summed E-state index contributed by atoms with van der Waals surface area (Å²) in [6.07, 6.45) is 8.51. The SMILES string of the molecule is C=CCC1=CC2(CC=C(C)C)OCOC2=CC1=O. The van der Waals surface area contributed by atoms with E-state index in [1.807, 2.05) is 19.9 Å². The van der Waals surface area contributed by atoms with E-state index in [2.05, 4.69) is 12.7 Å². The fourth-order valence-corrected chi connectivity index (χ4v) is 2.12. The van der Waals surface area contributed by atoms with Gasteiger partial charge in [0.1, 0.15) is 5.76 Å². The first-order chi connectivity index (χ1) is 8.57. The highest BCUT2D eigenvalue weighted by Gasteiger charge is 2.43. The Labute approximate surface area is 107 Å². The van der Waals surface area contributed by atoms with Crippen molar-refractivity contribution in [3.63, 3.8) is 0 Å². The summed E-state index contributed by atoms with van der Waals surface area (Å²) in [6.45, 7) is 7.96. The molecule has 1 fully saturated rings. The Morgan fingerprint density at radius 2 is 2.33 bits per heavy atom. The number of ketones is 1. The first-order valence-electron chi connectivity index (χ1n) is 6.06. The summed E-state index contributed by atoms with van der Waals surface area (Å²) in [4.78, 5) is 11.9. The quantitative estimate of drug-likeness (QED) is 0.715. The van der Waals surface area contributed by atoms with Gasteiger partial charge in [-0.05, 0) is 26.3 Å². The number of carbonyl (C=O) groups is 1. The minimum absolute atomic E-state index is 0.0109. The van der Waals surface area contributed by atoms with Gasteiger partial charge in [-0.2, -0.15) is 0 Å². The molecular weight excluding hydrogens is 228 g/mol. The highest BCUT2D eigenvalue weighted by Crippen LogP contribution is 2.39. The smallest absolute Gasteiger partial charge is 0.190 e. The van der Waals surface area contributed by atoms with Gasteiger partial charge in [0.2, 0.25) is 0 Å². The Bertz CT molecular complexity index is 464. The molecule has 0 amide bonds. The van der Waals surface area contributed by atoms with Gasteiger partial charge in [-0.25, -0.2) is 0 Å². The first kappa shape index (κ1) is 12.8. The molecule has 0 aromatic carbocycles. The lowest BCUT2D eigenvalue weighted by Gasteiger charge is -2.26. The van der Waals surface area contributed by atoms with E-state index in [1.54, 1.807) is 12.2 Å². The largest absolute Gasteiger partial charge is 0.468 e. The van der Waals surface area contributed by atoms with Crippen molar-refractivity contribution in [1.82, 2.24) is 0 Å². The molecule has 0 aromatic rings. The van der Waals surface area contributed by atoms with Crippen LogP contribution >= 0.6 is 0 Å². The van der Waals surface area contributed by atoms with Crippen LogP contribution in [0, 0.1) is 0 Å². The summed E-state index contributed by atoms with van der Waals surface area (Å²) in [5.41, 5.74) is 1.35. The normalized spacial score (nSPS) is 25.8. The number of hydrogen-bond donors (Lipinski definition) is 0. The molecule has 0 aromatic heterocycles. The Morgan fingerprint density at radius 3 is 3.00 bits per heavy atom. The molecule has 1 atom stereocenters. The van der Waals surface area contributed by atoms with Crippen LogP contribution in [0.5, 0.6) is 0 Å². The van der Waals surface area contributed by atoms with Crippen LogP contribution in [0.25, 0.3) is 0 Å². The van der Waals surface area contributed by atoms with Gasteiger partial charge in [-0.3, -0.25) is 4.79 Å². The van der Waals surface area contributed by atoms with Gasteiger partial charge in [-0.1, -0.05) is 17.7 Å². The summed E-state index contributed by atoms with van der Waals surface area (Å²) in [6, 6.07) is 0. The second-order valence-corrected chi connectivity index (χ2v) is 4.82. The zero-order valence-corrected chi connectivity index (χ0v) is 10.9. The average molecular weight is 246 g/mol. The molecule has 1 aliphatic carbocycles. The van der Waals surface area contributed by atoms with E-state index in [1.165, 1.54) is 5.57 Å². The van der Waals surface area contributed by atoms with Crippen molar-refractivity contribution in [2.75, 3.05) is 6.79 Å². The van der Waals surface area contributed by atoms with E-state index < -0.39 is 5.60 Å². The zero-order valence-electron chi connectivity index (χ0n) is 10.9. The Morgan fingerprint density at radius 1 is 1.56 bits per heavy atom. The predicted molar refractivity (Wildman–Crippen MR) is 69.8 cm³/mol. The number of hydrogen-bond acceptors (Lipinski definition) is 3. The zero-order chi connectivity index (χ0) is 13.2. The molecule has 18 heavy (non-hydrogen) atoms. The van der Waals surface area contributed by atoms with Gasteiger partial charge < -0.3 is 9.47 Å². The first-order valence-corrected chi connectivity index (χ1v) is 6.06. The van der Waals surface area contributed by atoms with Crippen LogP contribution in [0.15, 0.2) is 47.8 Å². The molecule has 1 unspecified atom stereocenters. The molecule has 0 spiro atoms. The second kappa shape index (κ2) is 4.94. The lowest BCUT2D eigenvalue weighted by Crippen LogP contribution is -2.31. The van der Waals surface area contributed by atoms with Crippen molar-refractivity contribution in [3.05, 3.63) is 47.8 Å². The second-order valence-electron chi connectivity index (χ2n) is 4.82. The van der Waals surface area contributed by atoms with Crippen LogP contribution in [-0.4, -0.2) is 18.2 Å². The number of carbonyl (C=O) groups excluding carboxylic acids is 1. The maximum atomic E-state index is 11.9. The number of rotatable bonds is 4. The highest BCUT2D eigenvalue weighted by atomic mass is 16.7. The number of fused-ring (bicyclic) bond motifs is 1. The fourth-order valence-electron chi connectivity index (χ4n) is 2.12. The number of ether oxygens (including phenoxy) is 2. The summed E-state index contributed by atoms with van der Waals surface area (Å²) >= 11 is 0. The Hall–Kier alpha value is -1.61. The molecule has 2 rings (SSSR count). The molecule has 0 radical (unpaired) electrons. The molecule has 3 nitrogen and oxygen atoms in total. The summed E-state index contributed by atoms with van der Waals surface area (Å²) in [5, 5.41) is 0. The standard InChI is InChI=1S/C15H18O3/c1-4-5-12-9-15(7-6-11(2)3)14(8-13(12)16)17-10-18-15/h4,6,8-9H,1,5,7,10H2,2-3H3. The van der Waals surface area contributed by atoms with Gasteiger partial charge in [0, 0.05) is 18.1 Å². The van der Waals surface area contributed by atoms with Crippen LogP contribution in [0.4, 0.5) is 0 Å². The van der Waals surface area contributed by atoms with Crippen molar-refractivity contribution >= 4 is 5.78 Å². The van der Waals surface area contributed by atoms with E-state index in [-0.39, 0.29) is 12.6 Å². The van der Waals surface area contributed by atoms with Crippen molar-refractivity contribution in [3.8, 4) is 0 Å². The summed E-state index contributed by atoms with van der Waals surface area (Å²) in [7, 11) is 0. The van der Waals surface area contributed by atoms with Gasteiger partial charge >= 0.3 is 0 Å². The molecule has 2 aliphatic rings. The van der Waals surface area contributed by atoms with Crippen LogP contribution in [0.1, 0.15) is 26.7 Å². The Balaban J connectivity index is 2.34. The highest BCUT2D eigenvalue weighted by molar-refractivity contribution is 6.06. The molecular formula is C15H18O3.